The fourth-order valence-corrected chi connectivity index (χ4v) is 1.04. The van der Waals surface area contributed by atoms with Gasteiger partial charge in [0.2, 0.25) is 0 Å². The van der Waals surface area contributed by atoms with Gasteiger partial charge >= 0.3 is 0 Å². The summed E-state index contributed by atoms with van der Waals surface area (Å²) in [7, 11) is -1.45. The Bertz CT molecular complexity index is 163. The first-order chi connectivity index (χ1) is 5.56. The van der Waals surface area contributed by atoms with Crippen LogP contribution in [-0.2, 0) is 4.74 Å². The van der Waals surface area contributed by atoms with Crippen LogP contribution in [0.25, 0.3) is 10.4 Å². The molecule has 0 bridgehead atoms. The Balaban J connectivity index is 3.16. The van der Waals surface area contributed by atoms with Crippen LogP contribution in [0.3, 0.4) is 0 Å². The van der Waals surface area contributed by atoms with Crippen molar-refractivity contribution in [1.29, 1.82) is 0 Å². The molecule has 0 aliphatic heterocycles. The van der Waals surface area contributed by atoms with Crippen LogP contribution in [0, 0.1) is 0 Å². The third kappa shape index (κ3) is 9.58. The maximum absolute atomic E-state index is 9.34. The Kier molecular flexibility index (Phi) is 5.92. The summed E-state index contributed by atoms with van der Waals surface area (Å²) in [6, 6.07) is 0. The summed E-state index contributed by atoms with van der Waals surface area (Å²) in [5.41, 5.74) is 7.92. The monoisotopic (exact) mass is 193 g/mol. The van der Waals surface area contributed by atoms with Gasteiger partial charge in [-0.1, -0.05) is 5.11 Å². The van der Waals surface area contributed by atoms with Crippen LogP contribution in [0.5, 0.6) is 0 Å². The highest BCUT2D eigenvalue weighted by Crippen LogP contribution is 2.32. The molecule has 0 heterocycles. The van der Waals surface area contributed by atoms with Crippen LogP contribution in [0.2, 0.25) is 0 Å². The lowest BCUT2D eigenvalue weighted by Gasteiger charge is -2.22. The van der Waals surface area contributed by atoms with Gasteiger partial charge in [0.05, 0.1) is 13.2 Å². The zero-order valence-electron chi connectivity index (χ0n) is 7.43. The van der Waals surface area contributed by atoms with Gasteiger partial charge in [0.1, 0.15) is 0 Å². The molecule has 0 radical (unpaired) electrons. The molecular weight excluding hydrogens is 178 g/mol. The molecule has 0 rings (SSSR count). The molecule has 0 saturated heterocycles. The van der Waals surface area contributed by atoms with E-state index in [1.807, 2.05) is 12.5 Å². The van der Waals surface area contributed by atoms with Crippen molar-refractivity contribution < 1.29 is 9.29 Å². The Morgan fingerprint density at radius 3 is 2.67 bits per heavy atom. The number of hydrogen-bond donors (Lipinski definition) is 1. The Morgan fingerprint density at radius 1 is 1.50 bits per heavy atom. The highest BCUT2D eigenvalue weighted by atomic mass is 32.3. The Labute approximate surface area is 73.9 Å². The van der Waals surface area contributed by atoms with Crippen LogP contribution in [0.4, 0.5) is 0 Å². The topological polar surface area (TPSA) is 78.2 Å². The zero-order valence-corrected chi connectivity index (χ0v) is 8.25. The number of rotatable bonds is 6. The second-order valence-electron chi connectivity index (χ2n) is 2.75. The molecule has 0 fully saturated rings. The summed E-state index contributed by atoms with van der Waals surface area (Å²) in [5.74, 6) is 0.670. The van der Waals surface area contributed by atoms with Crippen LogP contribution in [0.15, 0.2) is 5.11 Å². The van der Waals surface area contributed by atoms with E-state index in [1.54, 1.807) is 0 Å². The van der Waals surface area contributed by atoms with Gasteiger partial charge < -0.3 is 9.29 Å². The number of nitrogens with zero attached hydrogens (tertiary/aromatic N) is 3. The van der Waals surface area contributed by atoms with E-state index in [0.717, 1.165) is 0 Å². The predicted molar refractivity (Wildman–Crippen MR) is 51.8 cm³/mol. The standard InChI is InChI=1S/C6H15N3O2S/c1-12(2,10)6-5-11-4-3-8-9-7/h10H,3-6H2,1-2H3. The van der Waals surface area contributed by atoms with Crippen molar-refractivity contribution in [2.75, 3.05) is 38.0 Å². The van der Waals surface area contributed by atoms with Crippen molar-refractivity contribution in [2.24, 2.45) is 5.11 Å². The first kappa shape index (κ1) is 11.6. The normalized spacial score (nSPS) is 12.2. The lowest BCUT2D eigenvalue weighted by molar-refractivity contribution is 0.157. The fourth-order valence-electron chi connectivity index (χ4n) is 0.515. The van der Waals surface area contributed by atoms with Crippen LogP contribution in [0.1, 0.15) is 0 Å². The summed E-state index contributed by atoms with van der Waals surface area (Å²) >= 11 is 0. The van der Waals surface area contributed by atoms with Crippen LogP contribution >= 0.6 is 10.3 Å². The van der Waals surface area contributed by atoms with Crippen molar-refractivity contribution in [1.82, 2.24) is 0 Å². The molecule has 0 unspecified atom stereocenters. The van der Waals surface area contributed by atoms with Crippen LogP contribution < -0.4 is 0 Å². The number of ether oxygens (including phenoxy) is 1. The van der Waals surface area contributed by atoms with Gasteiger partial charge in [-0.05, 0) is 18.0 Å². The molecule has 0 aromatic heterocycles. The molecule has 0 aromatic carbocycles. The highest BCUT2D eigenvalue weighted by molar-refractivity contribution is 8.28. The van der Waals surface area contributed by atoms with E-state index in [2.05, 4.69) is 10.0 Å². The molecule has 0 aromatic rings. The van der Waals surface area contributed by atoms with Crippen molar-refractivity contribution in [3.05, 3.63) is 10.4 Å². The summed E-state index contributed by atoms with van der Waals surface area (Å²) in [6.45, 7) is 1.32. The molecule has 0 amide bonds. The molecule has 72 valence electrons. The van der Waals surface area contributed by atoms with Crippen LogP contribution in [-0.4, -0.2) is 42.6 Å². The molecule has 0 aliphatic rings. The minimum absolute atomic E-state index is 0.359. The van der Waals surface area contributed by atoms with Gasteiger partial charge in [0, 0.05) is 17.2 Å². The molecule has 0 saturated carbocycles. The molecule has 6 heteroatoms. The average molecular weight is 193 g/mol. The maximum atomic E-state index is 9.34. The summed E-state index contributed by atoms with van der Waals surface area (Å²) in [6.07, 6.45) is 3.62. The third-order valence-electron chi connectivity index (χ3n) is 1.13. The molecule has 0 atom stereocenters. The summed E-state index contributed by atoms with van der Waals surface area (Å²) in [4.78, 5) is 2.58. The van der Waals surface area contributed by atoms with Crippen molar-refractivity contribution in [3.63, 3.8) is 0 Å². The Morgan fingerprint density at radius 2 is 2.17 bits per heavy atom. The number of azide groups is 1. The van der Waals surface area contributed by atoms with E-state index >= 15 is 0 Å². The van der Waals surface area contributed by atoms with Gasteiger partial charge in [-0.2, -0.15) is 0 Å². The van der Waals surface area contributed by atoms with E-state index in [4.69, 9.17) is 10.3 Å². The molecule has 12 heavy (non-hydrogen) atoms. The Hall–Kier alpha value is -0.420. The smallest absolute Gasteiger partial charge is 0.0561 e. The van der Waals surface area contributed by atoms with E-state index in [9.17, 15) is 4.55 Å². The van der Waals surface area contributed by atoms with E-state index in [0.29, 0.717) is 25.5 Å². The maximum Gasteiger partial charge on any atom is 0.0561 e. The van der Waals surface area contributed by atoms with E-state index in [-0.39, 0.29) is 0 Å². The zero-order chi connectivity index (χ0) is 9.45. The largest absolute Gasteiger partial charge is 0.380 e. The van der Waals surface area contributed by atoms with Crippen molar-refractivity contribution >= 4 is 10.3 Å². The SMILES string of the molecule is CS(C)(O)CCOCCN=[N+]=[N-]. The van der Waals surface area contributed by atoms with E-state index < -0.39 is 10.3 Å². The molecule has 5 nitrogen and oxygen atoms in total. The van der Waals surface area contributed by atoms with Crippen molar-refractivity contribution in [2.45, 2.75) is 0 Å². The first-order valence-electron chi connectivity index (χ1n) is 3.58. The lowest BCUT2D eigenvalue weighted by Crippen LogP contribution is -2.08. The summed E-state index contributed by atoms with van der Waals surface area (Å²) < 4.78 is 14.4. The molecule has 1 N–H and O–H groups in total. The second-order valence-corrected chi connectivity index (χ2v) is 6.12. The minimum atomic E-state index is -1.45. The van der Waals surface area contributed by atoms with Gasteiger partial charge in [-0.25, -0.2) is 0 Å². The fraction of sp³-hybridized carbons (Fsp3) is 1.00. The number of hydrogen-bond acceptors (Lipinski definition) is 3. The summed E-state index contributed by atoms with van der Waals surface area (Å²) in [5, 5.41) is 3.31. The van der Waals surface area contributed by atoms with E-state index in [1.165, 1.54) is 0 Å². The van der Waals surface area contributed by atoms with Gasteiger partial charge in [-0.15, -0.1) is 10.3 Å². The van der Waals surface area contributed by atoms with Gasteiger partial charge in [0.25, 0.3) is 0 Å². The van der Waals surface area contributed by atoms with Gasteiger partial charge in [-0.3, -0.25) is 0 Å². The second kappa shape index (κ2) is 6.14. The highest BCUT2D eigenvalue weighted by Gasteiger charge is 2.04. The minimum Gasteiger partial charge on any atom is -0.380 e. The molecular formula is C6H15N3O2S. The van der Waals surface area contributed by atoms with Crippen molar-refractivity contribution in [3.8, 4) is 0 Å². The quantitative estimate of drug-likeness (QED) is 0.302. The third-order valence-corrected chi connectivity index (χ3v) is 2.29. The van der Waals surface area contributed by atoms with Gasteiger partial charge in [0.15, 0.2) is 0 Å². The molecule has 0 spiro atoms. The predicted octanol–water partition coefficient (Wildman–Crippen LogP) is 1.85. The average Bonchev–Trinajstić information content (AvgIpc) is 1.94. The lowest BCUT2D eigenvalue weighted by atomic mass is 10.7. The molecule has 0 aliphatic carbocycles. The first-order valence-corrected chi connectivity index (χ1v) is 6.16.